The van der Waals surface area contributed by atoms with Gasteiger partial charge in [0.2, 0.25) is 0 Å². The molecule has 0 saturated heterocycles. The Labute approximate surface area is 124 Å². The molecule has 1 aromatic heterocycles. The van der Waals surface area contributed by atoms with Gasteiger partial charge in [-0.1, -0.05) is 12.8 Å². The summed E-state index contributed by atoms with van der Waals surface area (Å²) in [6.07, 6.45) is 6.83. The molecule has 3 N–H and O–H groups in total. The molecule has 0 aliphatic heterocycles. The molecule has 7 nitrogen and oxygen atoms in total. The number of nitrogens with zero attached hydrogens (tertiary/aromatic N) is 2. The lowest BCUT2D eigenvalue weighted by molar-refractivity contribution is -0.137. The van der Waals surface area contributed by atoms with Crippen LogP contribution in [0.15, 0.2) is 12.4 Å². The van der Waals surface area contributed by atoms with Gasteiger partial charge < -0.3 is 15.7 Å². The first-order valence-corrected chi connectivity index (χ1v) is 7.09. The Morgan fingerprint density at radius 2 is 1.86 bits per heavy atom. The van der Waals surface area contributed by atoms with E-state index in [2.05, 4.69) is 20.6 Å². The number of hydrogen-bond acceptors (Lipinski definition) is 4. The van der Waals surface area contributed by atoms with Gasteiger partial charge in [0.15, 0.2) is 0 Å². The summed E-state index contributed by atoms with van der Waals surface area (Å²) in [5, 5.41) is 13.9. The van der Waals surface area contributed by atoms with Crippen molar-refractivity contribution in [3.8, 4) is 0 Å². The summed E-state index contributed by atoms with van der Waals surface area (Å²) in [6, 6.07) is -0.233. The zero-order valence-corrected chi connectivity index (χ0v) is 12.3. The first-order valence-electron chi connectivity index (χ1n) is 7.09. The Balaban J connectivity index is 2.01. The van der Waals surface area contributed by atoms with Crippen LogP contribution in [-0.2, 0) is 11.3 Å². The summed E-state index contributed by atoms with van der Waals surface area (Å²) in [5.74, 6) is -0.758. The van der Waals surface area contributed by atoms with E-state index in [4.69, 9.17) is 5.11 Å². The molecule has 0 spiro atoms. The van der Waals surface area contributed by atoms with Crippen LogP contribution >= 0.6 is 0 Å². The maximum atomic E-state index is 11.5. The van der Waals surface area contributed by atoms with Gasteiger partial charge in [-0.3, -0.25) is 14.8 Å². The second kappa shape index (κ2) is 9.68. The number of amides is 2. The van der Waals surface area contributed by atoms with Crippen LogP contribution in [0, 0.1) is 6.92 Å². The van der Waals surface area contributed by atoms with Crippen molar-refractivity contribution in [3.63, 3.8) is 0 Å². The second-order valence-electron chi connectivity index (χ2n) is 4.82. The second-order valence-corrected chi connectivity index (χ2v) is 4.82. The molecule has 0 aliphatic carbocycles. The van der Waals surface area contributed by atoms with Gasteiger partial charge >= 0.3 is 12.0 Å². The molecule has 1 aromatic rings. The SMILES string of the molecule is Cc1cnc(CNC(=O)NCCCCCCC(=O)O)cn1. The van der Waals surface area contributed by atoms with Crippen LogP contribution in [-0.4, -0.2) is 33.6 Å². The zero-order chi connectivity index (χ0) is 15.5. The van der Waals surface area contributed by atoms with Gasteiger partial charge in [-0.2, -0.15) is 0 Å². The Kier molecular flexibility index (Phi) is 7.78. The Morgan fingerprint density at radius 1 is 1.10 bits per heavy atom. The molecule has 0 atom stereocenters. The predicted molar refractivity (Wildman–Crippen MR) is 77.7 cm³/mol. The first-order chi connectivity index (χ1) is 10.1. The van der Waals surface area contributed by atoms with Crippen molar-refractivity contribution in [1.82, 2.24) is 20.6 Å². The van der Waals surface area contributed by atoms with Crippen LogP contribution in [0.3, 0.4) is 0 Å². The normalized spacial score (nSPS) is 10.1. The maximum absolute atomic E-state index is 11.5. The third-order valence-electron chi connectivity index (χ3n) is 2.87. The zero-order valence-electron chi connectivity index (χ0n) is 12.3. The van der Waals surface area contributed by atoms with E-state index in [-0.39, 0.29) is 12.5 Å². The highest BCUT2D eigenvalue weighted by molar-refractivity contribution is 5.73. The van der Waals surface area contributed by atoms with Crippen molar-refractivity contribution in [2.75, 3.05) is 6.54 Å². The van der Waals surface area contributed by atoms with E-state index in [1.807, 2.05) is 6.92 Å². The van der Waals surface area contributed by atoms with E-state index in [1.54, 1.807) is 12.4 Å². The molecule has 0 bridgehead atoms. The molecule has 2 amide bonds. The molecule has 1 heterocycles. The molecule has 0 fully saturated rings. The molecule has 0 aromatic carbocycles. The van der Waals surface area contributed by atoms with Gasteiger partial charge in [0.25, 0.3) is 0 Å². The minimum Gasteiger partial charge on any atom is -0.481 e. The minimum atomic E-state index is -0.758. The average Bonchev–Trinajstić information content (AvgIpc) is 2.45. The van der Waals surface area contributed by atoms with Crippen molar-refractivity contribution < 1.29 is 14.7 Å². The van der Waals surface area contributed by atoms with E-state index < -0.39 is 5.97 Å². The van der Waals surface area contributed by atoms with E-state index >= 15 is 0 Å². The third kappa shape index (κ3) is 8.56. The average molecular weight is 294 g/mol. The van der Waals surface area contributed by atoms with Crippen molar-refractivity contribution in [2.24, 2.45) is 0 Å². The number of hydrogen-bond donors (Lipinski definition) is 3. The lowest BCUT2D eigenvalue weighted by atomic mass is 10.1. The van der Waals surface area contributed by atoms with Gasteiger partial charge in [0.05, 0.1) is 24.1 Å². The van der Waals surface area contributed by atoms with Crippen LogP contribution in [0.5, 0.6) is 0 Å². The smallest absolute Gasteiger partial charge is 0.315 e. The van der Waals surface area contributed by atoms with Crippen LogP contribution in [0.4, 0.5) is 4.79 Å². The molecular formula is C14H22N4O3. The number of carbonyl (C=O) groups is 2. The number of carboxylic acid groups (broad SMARTS) is 1. The number of nitrogens with one attached hydrogen (secondary N) is 2. The van der Waals surface area contributed by atoms with Crippen LogP contribution < -0.4 is 10.6 Å². The summed E-state index contributed by atoms with van der Waals surface area (Å²) >= 11 is 0. The van der Waals surface area contributed by atoms with Crippen molar-refractivity contribution in [3.05, 3.63) is 23.8 Å². The fourth-order valence-electron chi connectivity index (χ4n) is 1.70. The van der Waals surface area contributed by atoms with E-state index in [1.165, 1.54) is 0 Å². The van der Waals surface area contributed by atoms with E-state index in [0.717, 1.165) is 25.0 Å². The van der Waals surface area contributed by atoms with Gasteiger partial charge in [-0.25, -0.2) is 4.79 Å². The van der Waals surface area contributed by atoms with Gasteiger partial charge in [0.1, 0.15) is 0 Å². The molecule has 0 aliphatic rings. The largest absolute Gasteiger partial charge is 0.481 e. The molecule has 0 unspecified atom stereocenters. The number of unbranched alkanes of at least 4 members (excludes halogenated alkanes) is 3. The van der Waals surface area contributed by atoms with Gasteiger partial charge in [-0.05, 0) is 19.8 Å². The quantitative estimate of drug-likeness (QED) is 0.600. The molecule has 21 heavy (non-hydrogen) atoms. The van der Waals surface area contributed by atoms with Gasteiger partial charge in [0, 0.05) is 19.2 Å². The van der Waals surface area contributed by atoms with Crippen LogP contribution in [0.1, 0.15) is 43.5 Å². The third-order valence-corrected chi connectivity index (χ3v) is 2.87. The first kappa shape index (κ1) is 16.9. The lowest BCUT2D eigenvalue weighted by Crippen LogP contribution is -2.35. The summed E-state index contributed by atoms with van der Waals surface area (Å²) in [5.41, 5.74) is 1.55. The Morgan fingerprint density at radius 3 is 2.52 bits per heavy atom. The number of carboxylic acids is 1. The number of aliphatic carboxylic acids is 1. The van der Waals surface area contributed by atoms with Crippen molar-refractivity contribution >= 4 is 12.0 Å². The summed E-state index contributed by atoms with van der Waals surface area (Å²) in [4.78, 5) is 30.1. The van der Waals surface area contributed by atoms with Gasteiger partial charge in [-0.15, -0.1) is 0 Å². The lowest BCUT2D eigenvalue weighted by Gasteiger charge is -2.07. The summed E-state index contributed by atoms with van der Waals surface area (Å²) < 4.78 is 0. The topological polar surface area (TPSA) is 104 Å². The highest BCUT2D eigenvalue weighted by Crippen LogP contribution is 2.02. The molecular weight excluding hydrogens is 272 g/mol. The summed E-state index contributed by atoms with van der Waals surface area (Å²) in [7, 11) is 0. The maximum Gasteiger partial charge on any atom is 0.315 e. The number of aromatic nitrogens is 2. The fraction of sp³-hybridized carbons (Fsp3) is 0.571. The predicted octanol–water partition coefficient (Wildman–Crippen LogP) is 1.62. The highest BCUT2D eigenvalue weighted by Gasteiger charge is 2.01. The molecule has 0 saturated carbocycles. The molecule has 7 heteroatoms. The Hall–Kier alpha value is -2.18. The molecule has 1 rings (SSSR count). The number of urea groups is 1. The van der Waals surface area contributed by atoms with Crippen molar-refractivity contribution in [2.45, 2.75) is 45.6 Å². The minimum absolute atomic E-state index is 0.214. The van der Waals surface area contributed by atoms with Crippen LogP contribution in [0.2, 0.25) is 0 Å². The monoisotopic (exact) mass is 294 g/mol. The van der Waals surface area contributed by atoms with Crippen LogP contribution in [0.25, 0.3) is 0 Å². The molecule has 0 radical (unpaired) electrons. The number of aryl methyl sites for hydroxylation is 1. The molecule has 116 valence electrons. The Bertz CT molecular complexity index is 448. The van der Waals surface area contributed by atoms with E-state index in [0.29, 0.717) is 25.2 Å². The summed E-state index contributed by atoms with van der Waals surface area (Å²) in [6.45, 7) is 2.78. The van der Waals surface area contributed by atoms with E-state index in [9.17, 15) is 9.59 Å². The van der Waals surface area contributed by atoms with Crippen molar-refractivity contribution in [1.29, 1.82) is 0 Å². The number of rotatable bonds is 9. The standard InChI is InChI=1S/C14H22N4O3/c1-11-8-17-12(9-16-11)10-18-14(21)15-7-5-3-2-4-6-13(19)20/h8-9H,2-7,10H2,1H3,(H,19,20)(H2,15,18,21). The number of carbonyl (C=O) groups excluding carboxylic acids is 1. The highest BCUT2D eigenvalue weighted by atomic mass is 16.4. The fourth-order valence-corrected chi connectivity index (χ4v) is 1.70.